The van der Waals surface area contributed by atoms with Crippen molar-refractivity contribution in [3.05, 3.63) is 0 Å². The molecule has 0 radical (unpaired) electrons. The molecule has 5 rings (SSSR count). The lowest BCUT2D eigenvalue weighted by Crippen LogP contribution is -2.53. The average Bonchev–Trinajstić information content (AvgIpc) is 3.17. The number of epoxide rings is 1. The Labute approximate surface area is 154 Å². The van der Waals surface area contributed by atoms with Crippen LogP contribution in [0.25, 0.3) is 0 Å². The first-order valence-corrected chi connectivity index (χ1v) is 11.1. The Hall–Kier alpha value is -0.0800. The van der Waals surface area contributed by atoms with Gasteiger partial charge in [-0.3, -0.25) is 0 Å². The number of ether oxygens (including phenoxy) is 1. The predicted molar refractivity (Wildman–Crippen MR) is 100 cm³/mol. The molecule has 0 spiro atoms. The Morgan fingerprint density at radius 1 is 0.920 bits per heavy atom. The van der Waals surface area contributed by atoms with Gasteiger partial charge in [0, 0.05) is 0 Å². The van der Waals surface area contributed by atoms with Crippen LogP contribution in [0.1, 0.15) is 79.1 Å². The minimum Gasteiger partial charge on any atom is -0.390 e. The average molecular weight is 347 g/mol. The number of rotatable bonds is 1. The summed E-state index contributed by atoms with van der Waals surface area (Å²) in [4.78, 5) is 0. The molecule has 25 heavy (non-hydrogen) atoms. The second-order valence-corrected chi connectivity index (χ2v) is 11.4. The molecule has 0 amide bonds. The Morgan fingerprint density at radius 2 is 1.68 bits per heavy atom. The summed E-state index contributed by atoms with van der Waals surface area (Å²) in [5, 5.41) is 10.8. The fraction of sp³-hybridized carbons (Fsp3) is 1.00. The van der Waals surface area contributed by atoms with E-state index in [-0.39, 0.29) is 5.60 Å². The van der Waals surface area contributed by atoms with Gasteiger partial charge in [0.25, 0.3) is 0 Å². The standard InChI is InChI=1S/C23H38O2/c1-14-11-18-15(12-22(14,3)24)5-6-17-16(18)9-10-21(2)19(17)7-8-20(21)23(4)13-25-23/h14-20,24H,5-13H2,1-4H3/t14-,15-,16+,17-,18+,19+,20+,21+,22+,23?/m1/s1. The maximum atomic E-state index is 10.8. The quantitative estimate of drug-likeness (QED) is 0.675. The largest absolute Gasteiger partial charge is 0.390 e. The topological polar surface area (TPSA) is 32.8 Å². The highest BCUT2D eigenvalue weighted by molar-refractivity contribution is 5.12. The molecule has 2 nitrogen and oxygen atoms in total. The zero-order valence-electron chi connectivity index (χ0n) is 16.8. The minimum absolute atomic E-state index is 0.214. The zero-order chi connectivity index (χ0) is 17.6. The highest BCUT2D eigenvalue weighted by atomic mass is 16.6. The van der Waals surface area contributed by atoms with E-state index in [1.165, 1.54) is 44.9 Å². The van der Waals surface area contributed by atoms with Crippen LogP contribution in [0.4, 0.5) is 0 Å². The van der Waals surface area contributed by atoms with Gasteiger partial charge in [-0.05, 0) is 112 Å². The Balaban J connectivity index is 1.39. The monoisotopic (exact) mass is 346 g/mol. The van der Waals surface area contributed by atoms with Gasteiger partial charge in [0.1, 0.15) is 0 Å². The number of hydrogen-bond donors (Lipinski definition) is 1. The molecule has 1 unspecified atom stereocenters. The van der Waals surface area contributed by atoms with Gasteiger partial charge in [-0.25, -0.2) is 0 Å². The van der Waals surface area contributed by atoms with Crippen molar-refractivity contribution < 1.29 is 9.84 Å². The van der Waals surface area contributed by atoms with Crippen molar-refractivity contribution >= 4 is 0 Å². The van der Waals surface area contributed by atoms with E-state index in [1.54, 1.807) is 0 Å². The SMILES string of the molecule is C[C@@H]1C[C@H]2[C@H](CC[C@@H]3[C@@H]2CC[C@]2(C)[C@@H](C4(C)CO4)CC[C@@H]32)C[C@]1(C)O. The fourth-order valence-electron chi connectivity index (χ4n) is 8.57. The van der Waals surface area contributed by atoms with E-state index in [9.17, 15) is 5.11 Å². The van der Waals surface area contributed by atoms with Crippen LogP contribution in [0.15, 0.2) is 0 Å². The van der Waals surface area contributed by atoms with Gasteiger partial charge < -0.3 is 9.84 Å². The molecular formula is C23H38O2. The summed E-state index contributed by atoms with van der Waals surface area (Å²) >= 11 is 0. The van der Waals surface area contributed by atoms with Gasteiger partial charge >= 0.3 is 0 Å². The van der Waals surface area contributed by atoms with E-state index >= 15 is 0 Å². The van der Waals surface area contributed by atoms with Crippen molar-refractivity contribution in [2.24, 2.45) is 46.8 Å². The van der Waals surface area contributed by atoms with E-state index in [4.69, 9.17) is 4.74 Å². The zero-order valence-corrected chi connectivity index (χ0v) is 16.8. The summed E-state index contributed by atoms with van der Waals surface area (Å²) in [6.45, 7) is 10.4. The van der Waals surface area contributed by atoms with E-state index in [0.29, 0.717) is 11.3 Å². The fourth-order valence-corrected chi connectivity index (χ4v) is 8.57. The Bertz CT molecular complexity index is 550. The summed E-state index contributed by atoms with van der Waals surface area (Å²) in [5.41, 5.74) is 0.324. The molecule has 5 fully saturated rings. The van der Waals surface area contributed by atoms with Crippen molar-refractivity contribution in [2.45, 2.75) is 90.3 Å². The maximum Gasteiger partial charge on any atom is 0.0921 e. The molecule has 0 aromatic carbocycles. The normalized spacial score (nSPS) is 63.5. The first kappa shape index (κ1) is 17.0. The molecule has 0 bridgehead atoms. The third-order valence-corrected chi connectivity index (χ3v) is 10.2. The molecule has 142 valence electrons. The molecule has 1 N–H and O–H groups in total. The lowest BCUT2D eigenvalue weighted by Gasteiger charge is -2.58. The van der Waals surface area contributed by atoms with Crippen LogP contribution < -0.4 is 0 Å². The number of hydrogen-bond acceptors (Lipinski definition) is 2. The van der Waals surface area contributed by atoms with Gasteiger partial charge in [-0.15, -0.1) is 0 Å². The van der Waals surface area contributed by atoms with Crippen LogP contribution in [0.3, 0.4) is 0 Å². The lowest BCUT2D eigenvalue weighted by molar-refractivity contribution is -0.125. The second-order valence-electron chi connectivity index (χ2n) is 11.4. The molecule has 1 heterocycles. The maximum absolute atomic E-state index is 10.8. The van der Waals surface area contributed by atoms with Crippen molar-refractivity contribution in [3.63, 3.8) is 0 Å². The van der Waals surface area contributed by atoms with Gasteiger partial charge in [0.15, 0.2) is 0 Å². The Kier molecular flexibility index (Phi) is 3.58. The van der Waals surface area contributed by atoms with Gasteiger partial charge in [0.2, 0.25) is 0 Å². The third-order valence-electron chi connectivity index (χ3n) is 10.2. The summed E-state index contributed by atoms with van der Waals surface area (Å²) in [6.07, 6.45) is 10.9. The minimum atomic E-state index is -0.423. The van der Waals surface area contributed by atoms with Crippen LogP contribution in [0.5, 0.6) is 0 Å². The first-order valence-electron chi connectivity index (χ1n) is 11.1. The van der Waals surface area contributed by atoms with E-state index in [0.717, 1.165) is 48.5 Å². The van der Waals surface area contributed by atoms with Gasteiger partial charge in [0.05, 0.1) is 17.8 Å². The molecule has 4 saturated carbocycles. The molecule has 4 aliphatic carbocycles. The van der Waals surface area contributed by atoms with E-state index < -0.39 is 5.60 Å². The van der Waals surface area contributed by atoms with Gasteiger partial charge in [-0.1, -0.05) is 13.8 Å². The van der Waals surface area contributed by atoms with Crippen molar-refractivity contribution in [3.8, 4) is 0 Å². The lowest BCUT2D eigenvalue weighted by atomic mass is 9.47. The molecule has 5 aliphatic rings. The molecular weight excluding hydrogens is 308 g/mol. The van der Waals surface area contributed by atoms with Crippen molar-refractivity contribution in [1.82, 2.24) is 0 Å². The molecule has 0 aromatic heterocycles. The van der Waals surface area contributed by atoms with E-state index in [2.05, 4.69) is 27.7 Å². The Morgan fingerprint density at radius 3 is 2.40 bits per heavy atom. The van der Waals surface area contributed by atoms with Crippen LogP contribution in [-0.2, 0) is 4.74 Å². The van der Waals surface area contributed by atoms with Gasteiger partial charge in [-0.2, -0.15) is 0 Å². The molecule has 1 saturated heterocycles. The number of aliphatic hydroxyl groups is 1. The first-order chi connectivity index (χ1) is 11.7. The molecule has 2 heteroatoms. The van der Waals surface area contributed by atoms with Crippen LogP contribution in [-0.4, -0.2) is 22.9 Å². The molecule has 10 atom stereocenters. The summed E-state index contributed by atoms with van der Waals surface area (Å²) in [5.74, 6) is 5.80. The highest BCUT2D eigenvalue weighted by Crippen LogP contribution is 2.67. The van der Waals surface area contributed by atoms with Crippen molar-refractivity contribution in [2.75, 3.05) is 6.61 Å². The van der Waals surface area contributed by atoms with Crippen LogP contribution in [0.2, 0.25) is 0 Å². The smallest absolute Gasteiger partial charge is 0.0921 e. The second kappa shape index (κ2) is 5.25. The highest BCUT2D eigenvalue weighted by Gasteiger charge is 2.64. The third kappa shape index (κ3) is 2.35. The predicted octanol–water partition coefficient (Wildman–Crippen LogP) is 5.04. The summed E-state index contributed by atoms with van der Waals surface area (Å²) < 4.78 is 5.93. The molecule has 1 aliphatic heterocycles. The van der Waals surface area contributed by atoms with Crippen molar-refractivity contribution in [1.29, 1.82) is 0 Å². The molecule has 0 aromatic rings. The summed E-state index contributed by atoms with van der Waals surface area (Å²) in [6, 6.07) is 0. The number of fused-ring (bicyclic) bond motifs is 5. The van der Waals surface area contributed by atoms with Crippen LogP contribution >= 0.6 is 0 Å². The van der Waals surface area contributed by atoms with Crippen LogP contribution in [0, 0.1) is 46.8 Å². The van der Waals surface area contributed by atoms with E-state index in [1.807, 2.05) is 0 Å². The summed E-state index contributed by atoms with van der Waals surface area (Å²) in [7, 11) is 0.